The molecule has 3 N–H and O–H groups in total. The Labute approximate surface area is 168 Å². The van der Waals surface area contributed by atoms with Crippen LogP contribution in [-0.4, -0.2) is 110 Å². The smallest absolute Gasteiger partial charge is 0.330 e. The summed E-state index contributed by atoms with van der Waals surface area (Å²) in [5, 5.41) is 19.4. The van der Waals surface area contributed by atoms with Gasteiger partial charge in [-0.05, 0) is 0 Å². The molecule has 9 saturated heterocycles. The fourth-order valence-electron chi connectivity index (χ4n) is 9.55. The number of hydrogen-bond acceptors (Lipinski definition) is 5. The maximum atomic E-state index is 14.6. The molecular weight excluding hydrogens is 367 g/mol. The van der Waals surface area contributed by atoms with E-state index < -0.39 is 36.9 Å². The lowest BCUT2D eigenvalue weighted by Gasteiger charge is -2.25. The van der Waals surface area contributed by atoms with Crippen LogP contribution >= 0.6 is 0 Å². The third kappa shape index (κ3) is 1.27. The Morgan fingerprint density at radius 3 is 2.59 bits per heavy atom. The lowest BCUT2D eigenvalue weighted by Crippen LogP contribution is -2.60. The summed E-state index contributed by atoms with van der Waals surface area (Å²) in [4.78, 5) is 27.5. The van der Waals surface area contributed by atoms with E-state index in [4.69, 9.17) is 4.74 Å². The van der Waals surface area contributed by atoms with Crippen molar-refractivity contribution in [2.24, 2.45) is 0 Å². The summed E-state index contributed by atoms with van der Waals surface area (Å²) in [6.45, 7) is 1.34. The fourth-order valence-corrected chi connectivity index (χ4v) is 9.55. The summed E-state index contributed by atoms with van der Waals surface area (Å²) in [6, 6.07) is 0. The van der Waals surface area contributed by atoms with Gasteiger partial charge in [0.25, 0.3) is 5.56 Å². The minimum atomic E-state index is -1.84. The first kappa shape index (κ1) is 15.9. The van der Waals surface area contributed by atoms with E-state index in [0.717, 1.165) is 43.0 Å². The SMILES string of the molecule is O=c1[nH]c(=O)n([C@@H]2O[C@H](CO)[C@@H](O)[C@@H]2F)cc1C12B3B(B4[B]B5B6B5B46)B4B1C432. The minimum Gasteiger partial charge on any atom is -0.394 e. The number of fused-ring (bicyclic) bond motifs is 4. The van der Waals surface area contributed by atoms with Crippen LogP contribution in [0.5, 0.6) is 0 Å². The number of halogens is 1. The summed E-state index contributed by atoms with van der Waals surface area (Å²) >= 11 is 0. The predicted octanol–water partition coefficient (Wildman–Crippen LogP) is -5.71. The van der Waals surface area contributed by atoms with Crippen molar-refractivity contribution in [3.63, 3.8) is 0 Å². The number of rotatable bonds is 4. The Hall–Kier alpha value is -0.861. The van der Waals surface area contributed by atoms with Crippen LogP contribution in [0.1, 0.15) is 11.8 Å². The molecule has 1 aromatic heterocycles. The van der Waals surface area contributed by atoms with E-state index in [9.17, 15) is 24.2 Å². The Morgan fingerprint density at radius 1 is 1.24 bits per heavy atom. The number of alkyl halides is 1. The van der Waals surface area contributed by atoms with E-state index in [0.29, 0.717) is 30.3 Å². The second-order valence-corrected chi connectivity index (χ2v) is 10.8. The minimum absolute atomic E-state index is 0.0963. The van der Waals surface area contributed by atoms with E-state index in [2.05, 4.69) is 12.0 Å². The molecule has 10 heterocycles. The highest BCUT2D eigenvalue weighted by Crippen LogP contribution is 3.07. The van der Waals surface area contributed by atoms with Gasteiger partial charge in [-0.3, -0.25) is 14.3 Å². The number of nitrogens with zero attached hydrogens (tertiary/aromatic N) is 1. The van der Waals surface area contributed by atoms with Crippen molar-refractivity contribution in [2.45, 2.75) is 34.9 Å². The normalized spacial score (nSPS) is 44.6. The number of aliphatic hydroxyl groups excluding tert-OH is 2. The highest BCUT2D eigenvalue weighted by molar-refractivity contribution is 8.59. The summed E-state index contributed by atoms with van der Waals surface area (Å²) in [5.41, 5.74) is -0.506. The van der Waals surface area contributed by atoms with Gasteiger partial charge in [-0.2, -0.15) is 0 Å². The number of H-pyrrole nitrogens is 1. The maximum absolute atomic E-state index is 14.6. The first-order valence-corrected chi connectivity index (χ1v) is 10.8. The summed E-state index contributed by atoms with van der Waals surface area (Å²) < 4.78 is 21.1. The lowest BCUT2D eigenvalue weighted by atomic mass is 8.62. The third-order valence-corrected chi connectivity index (χ3v) is 10.6. The molecular formula is C11H10B10FN2O5. The number of aromatic nitrogens is 2. The molecule has 2 bridgehead atoms. The van der Waals surface area contributed by atoms with Crippen molar-refractivity contribution in [2.75, 3.05) is 6.61 Å². The van der Waals surface area contributed by atoms with E-state index in [1.54, 1.807) is 0 Å². The van der Waals surface area contributed by atoms with Gasteiger partial charge < -0.3 is 14.9 Å². The first-order valence-electron chi connectivity index (χ1n) is 10.8. The van der Waals surface area contributed by atoms with Crippen molar-refractivity contribution in [1.82, 2.24) is 9.55 Å². The highest BCUT2D eigenvalue weighted by Gasteiger charge is 3.22. The molecule has 1 radical (unpaired) electrons. The van der Waals surface area contributed by atoms with Gasteiger partial charge >= 0.3 is 5.69 Å². The molecule has 131 valence electrons. The maximum Gasteiger partial charge on any atom is 0.330 e. The van der Waals surface area contributed by atoms with Crippen LogP contribution < -0.4 is 11.2 Å². The topological polar surface area (TPSA) is 105 Å². The van der Waals surface area contributed by atoms with Crippen molar-refractivity contribution >= 4 is 65.1 Å². The van der Waals surface area contributed by atoms with Crippen LogP contribution in [0, 0.1) is 0 Å². The zero-order valence-corrected chi connectivity index (χ0v) is 15.3. The predicted molar refractivity (Wildman–Crippen MR) is 115 cm³/mol. The molecule has 0 amide bonds. The van der Waals surface area contributed by atoms with Crippen LogP contribution in [0.4, 0.5) is 4.39 Å². The van der Waals surface area contributed by atoms with Crippen molar-refractivity contribution in [3.8, 4) is 0 Å². The van der Waals surface area contributed by atoms with E-state index >= 15 is 0 Å². The molecule has 1 aromatic rings. The van der Waals surface area contributed by atoms with Crippen molar-refractivity contribution in [1.29, 1.82) is 0 Å². The molecule has 2 unspecified atom stereocenters. The number of ether oxygens (including phenoxy) is 1. The molecule has 18 heteroatoms. The molecule has 0 aromatic carbocycles. The van der Waals surface area contributed by atoms with Gasteiger partial charge in [-0.1, -0.05) is 5.21 Å². The van der Waals surface area contributed by atoms with Crippen molar-refractivity contribution in [3.05, 3.63) is 32.6 Å². The molecule has 6 atom stereocenters. The van der Waals surface area contributed by atoms with E-state index in [-0.39, 0.29) is 10.8 Å². The molecule has 0 saturated carbocycles. The average molecular weight is 377 g/mol. The molecule has 9 aliphatic rings. The number of nitrogens with one attached hydrogen (secondary N) is 1. The third-order valence-electron chi connectivity index (χ3n) is 10.6. The van der Waals surface area contributed by atoms with Crippen LogP contribution in [0.15, 0.2) is 15.8 Å². The number of aromatic amines is 1. The fraction of sp³-hybridized carbons (Fsp3) is 0.636. The standard InChI is InChI=1S/C11H10B10FN2O5/c22-5-6(26)4(2-25)29-8(5)24-1-3(7(27)23-9(24)28)10-11-13(10)15(11)18(14(10)11)16-12-17-20-19(16)21(17)20/h1,4-6,8,25-26H,2H2,(H,23,27,28)/t4-,5+,6-,8-,10?,11?/m1/s1. The Kier molecular flexibility index (Phi) is 2.25. The van der Waals surface area contributed by atoms with E-state index in [1.165, 1.54) is 6.20 Å². The molecule has 10 rings (SSSR count). The highest BCUT2D eigenvalue weighted by atomic mass is 19.1. The lowest BCUT2D eigenvalue weighted by molar-refractivity contribution is -0.0492. The van der Waals surface area contributed by atoms with Crippen LogP contribution in [0.25, 0.3) is 0 Å². The second-order valence-electron chi connectivity index (χ2n) is 10.8. The van der Waals surface area contributed by atoms with Gasteiger partial charge in [0.15, 0.2) is 12.4 Å². The summed E-state index contributed by atoms with van der Waals surface area (Å²) in [7, 11) is 2.60. The van der Waals surface area contributed by atoms with Gasteiger partial charge in [0, 0.05) is 57.1 Å². The second kappa shape index (κ2) is 4.11. The monoisotopic (exact) mass is 379 g/mol. The molecule has 7 nitrogen and oxygen atoms in total. The zero-order valence-electron chi connectivity index (χ0n) is 15.3. The first-order chi connectivity index (χ1) is 14.0. The van der Waals surface area contributed by atoms with Crippen LogP contribution in [0.2, 0.25) is 5.11 Å². The number of aliphatic hydroxyl groups is 2. The van der Waals surface area contributed by atoms with Gasteiger partial charge in [0.05, 0.1) is 26.3 Å². The van der Waals surface area contributed by atoms with Crippen molar-refractivity contribution < 1.29 is 19.3 Å². The molecule has 9 fully saturated rings. The van der Waals surface area contributed by atoms with Crippen LogP contribution in [-0.2, 0) is 9.95 Å². The molecule has 1 spiro atoms. The summed E-state index contributed by atoms with van der Waals surface area (Å²) in [5.74, 6) is 0. The molecule has 0 aliphatic carbocycles. The van der Waals surface area contributed by atoms with Gasteiger partial charge in [0.2, 0.25) is 0 Å². The average Bonchev–Trinajstić information content (AvgIpc) is 3.66. The zero-order chi connectivity index (χ0) is 19.4. The molecule has 9 aliphatic heterocycles. The van der Waals surface area contributed by atoms with Gasteiger partial charge in [-0.15, -0.1) is 5.11 Å². The van der Waals surface area contributed by atoms with Gasteiger partial charge in [-0.25, -0.2) is 9.18 Å². The van der Waals surface area contributed by atoms with Gasteiger partial charge in [0.1, 0.15) is 12.2 Å². The Bertz CT molecular complexity index is 1170. The van der Waals surface area contributed by atoms with E-state index in [1.807, 2.05) is 0 Å². The number of hydrogen-bond donors (Lipinski definition) is 3. The van der Waals surface area contributed by atoms with Crippen LogP contribution in [0.3, 0.4) is 0 Å². The Morgan fingerprint density at radius 2 is 1.97 bits per heavy atom. The molecule has 29 heavy (non-hydrogen) atoms. The largest absolute Gasteiger partial charge is 0.394 e. The summed E-state index contributed by atoms with van der Waals surface area (Å²) in [6.07, 6.45) is 0.951. The quantitative estimate of drug-likeness (QED) is 0.454. The Balaban J connectivity index is 1.09.